The summed E-state index contributed by atoms with van der Waals surface area (Å²) >= 11 is 1.67. The fourth-order valence-electron chi connectivity index (χ4n) is 3.06. The molecule has 7 nitrogen and oxygen atoms in total. The van der Waals surface area contributed by atoms with Crippen molar-refractivity contribution in [2.75, 3.05) is 6.54 Å². The van der Waals surface area contributed by atoms with Gasteiger partial charge in [-0.2, -0.15) is 5.10 Å². The number of carbonyl (C=O) groups excluding carboxylic acids is 1. The lowest BCUT2D eigenvalue weighted by atomic mass is 9.87. The smallest absolute Gasteiger partial charge is 0.345 e. The molecule has 1 N–H and O–H groups in total. The number of thiazole rings is 1. The Balaban J connectivity index is 1.44. The zero-order chi connectivity index (χ0) is 16.9. The molecule has 0 saturated heterocycles. The Morgan fingerprint density at radius 2 is 2.17 bits per heavy atom. The maximum absolute atomic E-state index is 11.9. The summed E-state index contributed by atoms with van der Waals surface area (Å²) in [6, 6.07) is 0. The molecule has 0 radical (unpaired) electrons. The van der Waals surface area contributed by atoms with E-state index in [-0.39, 0.29) is 18.1 Å². The zero-order valence-electron chi connectivity index (χ0n) is 13.9. The largest absolute Gasteiger partial charge is 0.354 e. The number of rotatable bonds is 6. The van der Waals surface area contributed by atoms with Gasteiger partial charge in [-0.1, -0.05) is 19.3 Å². The highest BCUT2D eigenvalue weighted by Gasteiger charge is 2.18. The van der Waals surface area contributed by atoms with Crippen molar-refractivity contribution in [3.05, 3.63) is 32.9 Å². The van der Waals surface area contributed by atoms with E-state index in [9.17, 15) is 9.59 Å². The van der Waals surface area contributed by atoms with Crippen molar-refractivity contribution in [1.82, 2.24) is 24.6 Å². The monoisotopic (exact) mass is 349 g/mol. The van der Waals surface area contributed by atoms with Crippen LogP contribution in [0.5, 0.6) is 0 Å². The second-order valence-electron chi connectivity index (χ2n) is 6.28. The van der Waals surface area contributed by atoms with Gasteiger partial charge in [0.15, 0.2) is 0 Å². The average Bonchev–Trinajstić information content (AvgIpc) is 3.18. The van der Waals surface area contributed by atoms with E-state index in [1.807, 2.05) is 0 Å². The summed E-state index contributed by atoms with van der Waals surface area (Å²) in [5, 5.41) is 9.92. The van der Waals surface area contributed by atoms with Gasteiger partial charge in [0.25, 0.3) is 0 Å². The fraction of sp³-hybridized carbons (Fsp3) is 0.625. The van der Waals surface area contributed by atoms with Crippen LogP contribution in [-0.4, -0.2) is 31.8 Å². The van der Waals surface area contributed by atoms with Gasteiger partial charge in [0.1, 0.15) is 12.9 Å². The molecule has 1 fully saturated rings. The highest BCUT2D eigenvalue weighted by Crippen LogP contribution is 2.32. The maximum atomic E-state index is 11.9. The lowest BCUT2D eigenvalue weighted by molar-refractivity contribution is -0.121. The minimum absolute atomic E-state index is 0.0507. The first-order valence-electron chi connectivity index (χ1n) is 8.43. The summed E-state index contributed by atoms with van der Waals surface area (Å²) in [4.78, 5) is 28.2. The Bertz CT molecular complexity index is 742. The molecule has 1 aliphatic carbocycles. The first-order chi connectivity index (χ1) is 11.6. The van der Waals surface area contributed by atoms with Gasteiger partial charge in [-0.3, -0.25) is 9.36 Å². The quantitative estimate of drug-likeness (QED) is 0.856. The molecule has 0 atom stereocenters. The van der Waals surface area contributed by atoms with Crippen LogP contribution in [0.15, 0.2) is 16.5 Å². The van der Waals surface area contributed by atoms with Crippen molar-refractivity contribution in [2.45, 2.75) is 51.0 Å². The second kappa shape index (κ2) is 7.74. The number of nitrogens with zero attached hydrogens (tertiary/aromatic N) is 4. The third kappa shape index (κ3) is 4.11. The molecule has 1 saturated carbocycles. The Kier molecular flexibility index (Phi) is 5.44. The number of nitrogens with one attached hydrogen (secondary N) is 1. The molecular weight excluding hydrogens is 326 g/mol. The molecule has 8 heteroatoms. The zero-order valence-corrected chi connectivity index (χ0v) is 14.7. The molecule has 130 valence electrons. The van der Waals surface area contributed by atoms with E-state index in [1.165, 1.54) is 48.7 Å². The van der Waals surface area contributed by atoms with Crippen molar-refractivity contribution in [3.8, 4) is 0 Å². The third-order valence-corrected chi connectivity index (χ3v) is 5.36. The van der Waals surface area contributed by atoms with Gasteiger partial charge in [-0.05, 0) is 12.8 Å². The number of aryl methyl sites for hydroxylation is 1. The van der Waals surface area contributed by atoms with Gasteiger partial charge in [-0.25, -0.2) is 14.5 Å². The summed E-state index contributed by atoms with van der Waals surface area (Å²) in [7, 11) is 1.61. The minimum Gasteiger partial charge on any atom is -0.354 e. The van der Waals surface area contributed by atoms with Crippen molar-refractivity contribution in [1.29, 1.82) is 0 Å². The first-order valence-corrected chi connectivity index (χ1v) is 9.31. The molecule has 0 aliphatic heterocycles. The summed E-state index contributed by atoms with van der Waals surface area (Å²) in [5.74, 6) is 0.411. The summed E-state index contributed by atoms with van der Waals surface area (Å²) in [5.41, 5.74) is 0.934. The van der Waals surface area contributed by atoms with Gasteiger partial charge < -0.3 is 5.32 Å². The van der Waals surface area contributed by atoms with Crippen molar-refractivity contribution in [3.63, 3.8) is 0 Å². The molecule has 1 aliphatic rings. The summed E-state index contributed by atoms with van der Waals surface area (Å²) < 4.78 is 2.50. The molecule has 2 heterocycles. The third-order valence-electron chi connectivity index (χ3n) is 4.43. The molecule has 0 unspecified atom stereocenters. The number of aromatic nitrogens is 4. The molecule has 0 bridgehead atoms. The van der Waals surface area contributed by atoms with E-state index in [0.717, 1.165) is 16.1 Å². The van der Waals surface area contributed by atoms with Crippen LogP contribution < -0.4 is 11.0 Å². The number of hydrogen-bond donors (Lipinski definition) is 1. The van der Waals surface area contributed by atoms with E-state index < -0.39 is 0 Å². The fourth-order valence-corrected chi connectivity index (χ4v) is 3.94. The van der Waals surface area contributed by atoms with Crippen LogP contribution in [0.1, 0.15) is 48.7 Å². The predicted molar refractivity (Wildman–Crippen MR) is 92.1 cm³/mol. The van der Waals surface area contributed by atoms with Gasteiger partial charge >= 0.3 is 5.69 Å². The Hall–Kier alpha value is -1.96. The van der Waals surface area contributed by atoms with Crippen molar-refractivity contribution in [2.24, 2.45) is 7.05 Å². The molecular formula is C16H23N5O2S. The molecule has 1 amide bonds. The maximum Gasteiger partial charge on any atom is 0.345 e. The Morgan fingerprint density at radius 3 is 2.88 bits per heavy atom. The van der Waals surface area contributed by atoms with E-state index in [2.05, 4.69) is 15.8 Å². The van der Waals surface area contributed by atoms with Crippen molar-refractivity contribution < 1.29 is 4.79 Å². The highest BCUT2D eigenvalue weighted by molar-refractivity contribution is 7.09. The molecule has 2 aromatic heterocycles. The van der Waals surface area contributed by atoms with Crippen LogP contribution >= 0.6 is 11.3 Å². The summed E-state index contributed by atoms with van der Waals surface area (Å²) in [6.45, 7) is 0.475. The van der Waals surface area contributed by atoms with E-state index >= 15 is 0 Å². The van der Waals surface area contributed by atoms with Gasteiger partial charge in [0.05, 0.1) is 10.7 Å². The van der Waals surface area contributed by atoms with E-state index in [1.54, 1.807) is 18.4 Å². The van der Waals surface area contributed by atoms with E-state index in [0.29, 0.717) is 12.5 Å². The van der Waals surface area contributed by atoms with Crippen LogP contribution in [0, 0.1) is 0 Å². The highest BCUT2D eigenvalue weighted by atomic mass is 32.1. The first kappa shape index (κ1) is 16.9. The lowest BCUT2D eigenvalue weighted by Gasteiger charge is -2.19. The number of amides is 1. The molecule has 0 spiro atoms. The number of carbonyl (C=O) groups is 1. The lowest BCUT2D eigenvalue weighted by Crippen LogP contribution is -2.34. The second-order valence-corrected chi connectivity index (χ2v) is 7.23. The SMILES string of the molecule is Cn1cnn(CC(=O)NCCc2nc(C3CCCCC3)cs2)c1=O. The number of hydrogen-bond acceptors (Lipinski definition) is 5. The standard InChI is InChI=1S/C16H23N5O2S/c1-20-11-18-21(16(20)23)9-14(22)17-8-7-15-19-13(10-24-15)12-5-3-2-4-6-12/h10-12H,2-9H2,1H3,(H,17,22). The molecule has 2 aromatic rings. The topological polar surface area (TPSA) is 81.8 Å². The normalized spacial score (nSPS) is 15.5. The molecule has 3 rings (SSSR count). The molecule has 0 aromatic carbocycles. The van der Waals surface area contributed by atoms with Crippen molar-refractivity contribution >= 4 is 17.2 Å². The van der Waals surface area contributed by atoms with Crippen LogP contribution in [0.4, 0.5) is 0 Å². The Morgan fingerprint density at radius 1 is 1.38 bits per heavy atom. The van der Waals surface area contributed by atoms with Gasteiger partial charge in [0.2, 0.25) is 5.91 Å². The van der Waals surface area contributed by atoms with Crippen LogP contribution in [0.2, 0.25) is 0 Å². The Labute approximate surface area is 144 Å². The minimum atomic E-state index is -0.290. The van der Waals surface area contributed by atoms with E-state index in [4.69, 9.17) is 4.98 Å². The van der Waals surface area contributed by atoms with Crippen LogP contribution in [0.25, 0.3) is 0 Å². The van der Waals surface area contributed by atoms with Crippen LogP contribution in [-0.2, 0) is 24.8 Å². The predicted octanol–water partition coefficient (Wildman–Crippen LogP) is 1.44. The van der Waals surface area contributed by atoms with Crippen LogP contribution in [0.3, 0.4) is 0 Å². The molecule has 24 heavy (non-hydrogen) atoms. The average molecular weight is 349 g/mol. The van der Waals surface area contributed by atoms with Gasteiger partial charge in [-0.15, -0.1) is 11.3 Å². The van der Waals surface area contributed by atoms with Gasteiger partial charge in [0, 0.05) is 31.3 Å². The summed E-state index contributed by atoms with van der Waals surface area (Å²) in [6.07, 6.45) is 8.58.